The standard InChI is InChI=1S/C18H25FN2O2/c19-16-8-6-15(7-9-16)17(14-4-1-5-14)20-18(23)21-10-2-3-13(11-21)12-22/h6-9,13-14,17,22H,1-5,10-12H2,(H,20,23)/t13-,17-/m1/s1. The average molecular weight is 320 g/mol. The van der Waals surface area contributed by atoms with E-state index in [0.29, 0.717) is 12.5 Å². The number of aliphatic hydroxyl groups excluding tert-OH is 1. The summed E-state index contributed by atoms with van der Waals surface area (Å²) in [6.07, 6.45) is 5.30. The first kappa shape index (κ1) is 16.2. The fraction of sp³-hybridized carbons (Fsp3) is 0.611. The molecule has 1 aliphatic heterocycles. The Kier molecular flexibility index (Phi) is 5.16. The number of rotatable bonds is 4. The van der Waals surface area contributed by atoms with Crippen molar-refractivity contribution >= 4 is 6.03 Å². The highest BCUT2D eigenvalue weighted by atomic mass is 19.1. The first-order valence-corrected chi connectivity index (χ1v) is 8.59. The highest BCUT2D eigenvalue weighted by molar-refractivity contribution is 5.75. The van der Waals surface area contributed by atoms with Gasteiger partial charge in [0.15, 0.2) is 0 Å². The molecule has 126 valence electrons. The Bertz CT molecular complexity index is 530. The number of hydrogen-bond donors (Lipinski definition) is 2. The van der Waals surface area contributed by atoms with E-state index >= 15 is 0 Å². The lowest BCUT2D eigenvalue weighted by Crippen LogP contribution is -2.48. The van der Waals surface area contributed by atoms with Crippen molar-refractivity contribution in [3.63, 3.8) is 0 Å². The summed E-state index contributed by atoms with van der Waals surface area (Å²) in [6.45, 7) is 1.49. The quantitative estimate of drug-likeness (QED) is 0.896. The molecule has 2 fully saturated rings. The van der Waals surface area contributed by atoms with Gasteiger partial charge in [-0.25, -0.2) is 9.18 Å². The normalized spacial score (nSPS) is 23.2. The predicted molar refractivity (Wildman–Crippen MR) is 86.4 cm³/mol. The minimum Gasteiger partial charge on any atom is -0.396 e. The fourth-order valence-corrected chi connectivity index (χ4v) is 3.54. The molecule has 0 aromatic heterocycles. The summed E-state index contributed by atoms with van der Waals surface area (Å²) >= 11 is 0. The molecular weight excluding hydrogens is 295 g/mol. The maximum atomic E-state index is 13.2. The predicted octanol–water partition coefficient (Wildman–Crippen LogP) is 3.08. The smallest absolute Gasteiger partial charge is 0.317 e. The third kappa shape index (κ3) is 3.83. The molecule has 2 amide bonds. The molecular formula is C18H25FN2O2. The maximum Gasteiger partial charge on any atom is 0.317 e. The van der Waals surface area contributed by atoms with Crippen LogP contribution in [-0.4, -0.2) is 35.7 Å². The number of amides is 2. The molecule has 3 rings (SSSR count). The molecule has 2 atom stereocenters. The zero-order chi connectivity index (χ0) is 16.2. The van der Waals surface area contributed by atoms with Crippen molar-refractivity contribution < 1.29 is 14.3 Å². The highest BCUT2D eigenvalue weighted by Crippen LogP contribution is 2.38. The van der Waals surface area contributed by atoms with E-state index in [9.17, 15) is 14.3 Å². The number of likely N-dealkylation sites (tertiary alicyclic amines) is 1. The molecule has 0 unspecified atom stereocenters. The number of benzene rings is 1. The van der Waals surface area contributed by atoms with Gasteiger partial charge in [-0.2, -0.15) is 0 Å². The van der Waals surface area contributed by atoms with Crippen LogP contribution in [-0.2, 0) is 0 Å². The van der Waals surface area contributed by atoms with Gasteiger partial charge in [-0.3, -0.25) is 0 Å². The van der Waals surface area contributed by atoms with E-state index in [2.05, 4.69) is 5.32 Å². The topological polar surface area (TPSA) is 52.6 Å². The molecule has 2 N–H and O–H groups in total. The average Bonchev–Trinajstić information content (AvgIpc) is 2.53. The van der Waals surface area contributed by atoms with E-state index in [1.54, 1.807) is 17.0 Å². The van der Waals surface area contributed by atoms with Gasteiger partial charge in [-0.1, -0.05) is 18.6 Å². The Morgan fingerprint density at radius 3 is 2.61 bits per heavy atom. The zero-order valence-corrected chi connectivity index (χ0v) is 13.4. The lowest BCUT2D eigenvalue weighted by Gasteiger charge is -2.38. The van der Waals surface area contributed by atoms with Crippen LogP contribution in [0.2, 0.25) is 0 Å². The number of carbonyl (C=O) groups is 1. The number of hydrogen-bond acceptors (Lipinski definition) is 2. The van der Waals surface area contributed by atoms with Gasteiger partial charge in [-0.15, -0.1) is 0 Å². The van der Waals surface area contributed by atoms with Crippen LogP contribution < -0.4 is 5.32 Å². The number of aliphatic hydroxyl groups is 1. The lowest BCUT2D eigenvalue weighted by atomic mass is 9.77. The Hall–Kier alpha value is -1.62. The number of nitrogens with zero attached hydrogens (tertiary/aromatic N) is 1. The van der Waals surface area contributed by atoms with Gasteiger partial charge >= 0.3 is 6.03 Å². The monoisotopic (exact) mass is 320 g/mol. The molecule has 2 aliphatic rings. The van der Waals surface area contributed by atoms with Crippen LogP contribution in [0.4, 0.5) is 9.18 Å². The second-order valence-corrected chi connectivity index (χ2v) is 6.81. The van der Waals surface area contributed by atoms with Crippen molar-refractivity contribution in [1.82, 2.24) is 10.2 Å². The van der Waals surface area contributed by atoms with E-state index in [1.807, 2.05) is 0 Å². The number of carbonyl (C=O) groups excluding carboxylic acids is 1. The first-order chi connectivity index (χ1) is 11.2. The molecule has 4 nitrogen and oxygen atoms in total. The maximum absolute atomic E-state index is 13.2. The van der Waals surface area contributed by atoms with Crippen LogP contribution in [0.15, 0.2) is 24.3 Å². The van der Waals surface area contributed by atoms with Crippen LogP contribution in [0, 0.1) is 17.7 Å². The first-order valence-electron chi connectivity index (χ1n) is 8.59. The van der Waals surface area contributed by atoms with E-state index in [4.69, 9.17) is 0 Å². The molecule has 1 aromatic rings. The van der Waals surface area contributed by atoms with Crippen molar-refractivity contribution in [2.45, 2.75) is 38.1 Å². The Morgan fingerprint density at radius 2 is 2.00 bits per heavy atom. The minimum absolute atomic E-state index is 0.0497. The molecule has 1 aromatic carbocycles. The van der Waals surface area contributed by atoms with Gasteiger partial charge < -0.3 is 15.3 Å². The van der Waals surface area contributed by atoms with Gasteiger partial charge in [0, 0.05) is 19.7 Å². The molecule has 0 radical (unpaired) electrons. The van der Waals surface area contributed by atoms with Gasteiger partial charge in [0.2, 0.25) is 0 Å². The van der Waals surface area contributed by atoms with Crippen LogP contribution in [0.5, 0.6) is 0 Å². The molecule has 5 heteroatoms. The summed E-state index contributed by atoms with van der Waals surface area (Å²) in [5.74, 6) is 0.361. The van der Waals surface area contributed by atoms with E-state index in [-0.39, 0.29) is 30.4 Å². The van der Waals surface area contributed by atoms with E-state index < -0.39 is 0 Å². The van der Waals surface area contributed by atoms with Crippen molar-refractivity contribution in [1.29, 1.82) is 0 Å². The molecule has 1 heterocycles. The number of halogens is 1. The summed E-state index contributed by atoms with van der Waals surface area (Å²) in [6, 6.07) is 6.33. The van der Waals surface area contributed by atoms with Crippen LogP contribution in [0.3, 0.4) is 0 Å². The Balaban J connectivity index is 1.68. The molecule has 1 saturated heterocycles. The van der Waals surface area contributed by atoms with Gasteiger partial charge in [0.25, 0.3) is 0 Å². The van der Waals surface area contributed by atoms with E-state index in [0.717, 1.165) is 37.8 Å². The van der Waals surface area contributed by atoms with Crippen molar-refractivity contribution in [2.24, 2.45) is 11.8 Å². The number of nitrogens with one attached hydrogen (secondary N) is 1. The fourth-order valence-electron chi connectivity index (χ4n) is 3.54. The third-order valence-corrected chi connectivity index (χ3v) is 5.19. The van der Waals surface area contributed by atoms with Crippen LogP contribution in [0.25, 0.3) is 0 Å². The summed E-state index contributed by atoms with van der Waals surface area (Å²) in [5, 5.41) is 12.5. The van der Waals surface area contributed by atoms with Crippen molar-refractivity contribution in [2.75, 3.05) is 19.7 Å². The van der Waals surface area contributed by atoms with Crippen molar-refractivity contribution in [3.8, 4) is 0 Å². The summed E-state index contributed by atoms with van der Waals surface area (Å²) < 4.78 is 13.2. The number of urea groups is 1. The van der Waals surface area contributed by atoms with E-state index in [1.165, 1.54) is 18.6 Å². The second kappa shape index (κ2) is 7.30. The largest absolute Gasteiger partial charge is 0.396 e. The van der Waals surface area contributed by atoms with Crippen molar-refractivity contribution in [3.05, 3.63) is 35.6 Å². The molecule has 0 bridgehead atoms. The third-order valence-electron chi connectivity index (χ3n) is 5.19. The lowest BCUT2D eigenvalue weighted by molar-refractivity contribution is 0.123. The second-order valence-electron chi connectivity index (χ2n) is 6.81. The summed E-state index contributed by atoms with van der Waals surface area (Å²) in [4.78, 5) is 14.4. The van der Waals surface area contributed by atoms with Gasteiger partial charge in [-0.05, 0) is 55.2 Å². The molecule has 1 aliphatic carbocycles. The Morgan fingerprint density at radius 1 is 1.26 bits per heavy atom. The number of piperidine rings is 1. The van der Waals surface area contributed by atoms with Gasteiger partial charge in [0.05, 0.1) is 6.04 Å². The zero-order valence-electron chi connectivity index (χ0n) is 13.4. The summed E-state index contributed by atoms with van der Waals surface area (Å²) in [5.41, 5.74) is 0.972. The molecule has 23 heavy (non-hydrogen) atoms. The van der Waals surface area contributed by atoms with Crippen LogP contribution in [0.1, 0.15) is 43.7 Å². The molecule has 1 saturated carbocycles. The highest BCUT2D eigenvalue weighted by Gasteiger charge is 2.32. The summed E-state index contributed by atoms with van der Waals surface area (Å²) in [7, 11) is 0. The SMILES string of the molecule is O=C(N[C@@H](c1ccc(F)cc1)C1CCC1)N1CCC[C@@H](CO)C1. The van der Waals surface area contributed by atoms with Gasteiger partial charge in [0.1, 0.15) is 5.82 Å². The minimum atomic E-state index is -0.255. The van der Waals surface area contributed by atoms with Crippen LogP contribution >= 0.6 is 0 Å². The Labute approximate surface area is 136 Å². The molecule has 0 spiro atoms.